The van der Waals surface area contributed by atoms with E-state index in [0.717, 1.165) is 12.3 Å². The van der Waals surface area contributed by atoms with Crippen molar-refractivity contribution >= 4 is 5.97 Å². The molecule has 0 heterocycles. The highest BCUT2D eigenvalue weighted by Gasteiger charge is 1.99. The van der Waals surface area contributed by atoms with Gasteiger partial charge in [0, 0.05) is 6.42 Å². The Kier molecular flexibility index (Phi) is 17.9. The Labute approximate surface area is 151 Å². The summed E-state index contributed by atoms with van der Waals surface area (Å²) in [6.07, 6.45) is 23.6. The first kappa shape index (κ1) is 23.2. The Morgan fingerprint density at radius 3 is 1.83 bits per heavy atom. The molecule has 0 aliphatic carbocycles. The number of carbonyl (C=O) groups is 1. The number of esters is 1. The van der Waals surface area contributed by atoms with Crippen LogP contribution in [0.15, 0.2) is 12.2 Å². The molecule has 0 saturated heterocycles. The van der Waals surface area contributed by atoms with E-state index in [1.54, 1.807) is 0 Å². The third-order valence-corrected chi connectivity index (χ3v) is 4.88. The molecule has 0 aromatic heterocycles. The first-order chi connectivity index (χ1) is 11.7. The van der Waals surface area contributed by atoms with Crippen LogP contribution in [-0.2, 0) is 9.53 Å². The van der Waals surface area contributed by atoms with Gasteiger partial charge in [-0.2, -0.15) is 0 Å². The van der Waals surface area contributed by atoms with E-state index in [9.17, 15) is 4.79 Å². The Bertz CT molecular complexity index is 296. The summed E-state index contributed by atoms with van der Waals surface area (Å²) in [4.78, 5) is 11.0. The number of carbonyl (C=O) groups excluding carboxylic acids is 1. The van der Waals surface area contributed by atoms with Crippen molar-refractivity contribution in [2.45, 2.75) is 110 Å². The van der Waals surface area contributed by atoms with Gasteiger partial charge in [-0.05, 0) is 31.6 Å². The average molecular weight is 339 g/mol. The van der Waals surface area contributed by atoms with Crippen molar-refractivity contribution in [2.75, 3.05) is 7.11 Å². The lowest BCUT2D eigenvalue weighted by Crippen LogP contribution is -1.99. The lowest BCUT2D eigenvalue weighted by atomic mass is 10.0. The third-order valence-electron chi connectivity index (χ3n) is 4.88. The molecule has 0 spiro atoms. The van der Waals surface area contributed by atoms with Crippen LogP contribution in [-0.4, -0.2) is 13.1 Å². The van der Waals surface area contributed by atoms with Crippen LogP contribution in [0, 0.1) is 5.92 Å². The predicted octanol–water partition coefficient (Wildman–Crippen LogP) is 7.22. The van der Waals surface area contributed by atoms with Gasteiger partial charge in [0.05, 0.1) is 7.11 Å². The highest BCUT2D eigenvalue weighted by atomic mass is 16.5. The van der Waals surface area contributed by atoms with Crippen molar-refractivity contribution < 1.29 is 9.53 Å². The minimum absolute atomic E-state index is 0.0685. The summed E-state index contributed by atoms with van der Waals surface area (Å²) in [7, 11) is 1.47. The molecule has 0 aliphatic heterocycles. The number of hydrogen-bond acceptors (Lipinski definition) is 2. The Morgan fingerprint density at radius 2 is 1.33 bits per heavy atom. The van der Waals surface area contributed by atoms with Crippen molar-refractivity contribution in [3.63, 3.8) is 0 Å². The molecule has 0 aromatic carbocycles. The van der Waals surface area contributed by atoms with E-state index >= 15 is 0 Å². The lowest BCUT2D eigenvalue weighted by molar-refractivity contribution is -0.140. The first-order valence-electron chi connectivity index (χ1n) is 10.4. The minimum atomic E-state index is -0.0685. The van der Waals surface area contributed by atoms with Crippen LogP contribution < -0.4 is 0 Å². The molecule has 0 radical (unpaired) electrons. The normalized spacial score (nSPS) is 12.6. The quantitative estimate of drug-likeness (QED) is 0.159. The number of methoxy groups -OCH3 is 1. The zero-order chi connectivity index (χ0) is 17.9. The highest BCUT2D eigenvalue weighted by Crippen LogP contribution is 2.13. The van der Waals surface area contributed by atoms with Gasteiger partial charge >= 0.3 is 5.97 Å². The third kappa shape index (κ3) is 17.6. The molecule has 0 bridgehead atoms. The number of allylic oxidation sites excluding steroid dienone is 2. The molecular formula is C22H42O2. The van der Waals surface area contributed by atoms with Gasteiger partial charge in [-0.15, -0.1) is 0 Å². The molecule has 0 N–H and O–H groups in total. The summed E-state index contributed by atoms with van der Waals surface area (Å²) in [6, 6.07) is 0. The van der Waals surface area contributed by atoms with Gasteiger partial charge in [-0.1, -0.05) is 90.2 Å². The second-order valence-electron chi connectivity index (χ2n) is 7.22. The molecule has 1 unspecified atom stereocenters. The van der Waals surface area contributed by atoms with Gasteiger partial charge < -0.3 is 4.74 Å². The van der Waals surface area contributed by atoms with Gasteiger partial charge in [-0.3, -0.25) is 4.79 Å². The number of ether oxygens (including phenoxy) is 1. The predicted molar refractivity (Wildman–Crippen MR) is 105 cm³/mol. The Hall–Kier alpha value is -0.790. The van der Waals surface area contributed by atoms with Crippen LogP contribution in [0.25, 0.3) is 0 Å². The van der Waals surface area contributed by atoms with Crippen molar-refractivity contribution in [3.8, 4) is 0 Å². The maximum atomic E-state index is 11.0. The molecule has 0 rings (SSSR count). The summed E-state index contributed by atoms with van der Waals surface area (Å²) < 4.78 is 4.64. The van der Waals surface area contributed by atoms with Gasteiger partial charge in [0.15, 0.2) is 0 Å². The van der Waals surface area contributed by atoms with Crippen LogP contribution in [0.3, 0.4) is 0 Å². The molecular weight excluding hydrogens is 296 g/mol. The summed E-state index contributed by atoms with van der Waals surface area (Å²) in [5, 5.41) is 0. The number of unbranched alkanes of at least 4 members (excludes halogenated alkanes) is 11. The average Bonchev–Trinajstić information content (AvgIpc) is 2.60. The SMILES string of the molecule is CCC(C)CC=CCCCCCCCCCCCCCC(=O)OC. The van der Waals surface area contributed by atoms with Crippen molar-refractivity contribution in [1.82, 2.24) is 0 Å². The van der Waals surface area contributed by atoms with Gasteiger partial charge in [0.1, 0.15) is 0 Å². The monoisotopic (exact) mass is 338 g/mol. The van der Waals surface area contributed by atoms with E-state index in [2.05, 4.69) is 30.7 Å². The molecule has 0 saturated carbocycles. The zero-order valence-electron chi connectivity index (χ0n) is 16.7. The minimum Gasteiger partial charge on any atom is -0.469 e. The second kappa shape index (κ2) is 18.5. The second-order valence-corrected chi connectivity index (χ2v) is 7.22. The molecule has 0 fully saturated rings. The van der Waals surface area contributed by atoms with E-state index in [1.165, 1.54) is 90.6 Å². The Morgan fingerprint density at radius 1 is 0.833 bits per heavy atom. The maximum absolute atomic E-state index is 11.0. The highest BCUT2D eigenvalue weighted by molar-refractivity contribution is 5.68. The van der Waals surface area contributed by atoms with Crippen LogP contribution >= 0.6 is 0 Å². The molecule has 24 heavy (non-hydrogen) atoms. The summed E-state index contributed by atoms with van der Waals surface area (Å²) in [6.45, 7) is 4.59. The standard InChI is InChI=1S/C22H42O2/c1-4-21(2)19-17-15-13-11-9-7-5-6-8-10-12-14-16-18-20-22(23)24-3/h15,17,21H,4-14,16,18-20H2,1-3H3. The van der Waals surface area contributed by atoms with E-state index < -0.39 is 0 Å². The topological polar surface area (TPSA) is 26.3 Å². The fraction of sp³-hybridized carbons (Fsp3) is 0.864. The zero-order valence-corrected chi connectivity index (χ0v) is 16.7. The van der Waals surface area contributed by atoms with Crippen molar-refractivity contribution in [1.29, 1.82) is 0 Å². The van der Waals surface area contributed by atoms with Crippen LogP contribution in [0.4, 0.5) is 0 Å². The molecule has 0 aliphatic rings. The molecule has 142 valence electrons. The maximum Gasteiger partial charge on any atom is 0.305 e. The molecule has 0 aromatic rings. The van der Waals surface area contributed by atoms with E-state index in [4.69, 9.17) is 0 Å². The molecule has 1 atom stereocenters. The Balaban J connectivity index is 3.11. The van der Waals surface area contributed by atoms with Gasteiger partial charge in [0.2, 0.25) is 0 Å². The molecule has 0 amide bonds. The van der Waals surface area contributed by atoms with E-state index in [0.29, 0.717) is 6.42 Å². The largest absolute Gasteiger partial charge is 0.469 e. The smallest absolute Gasteiger partial charge is 0.305 e. The fourth-order valence-electron chi connectivity index (χ4n) is 2.84. The molecule has 2 nitrogen and oxygen atoms in total. The number of rotatable bonds is 17. The van der Waals surface area contributed by atoms with E-state index in [1.807, 2.05) is 0 Å². The molecule has 2 heteroatoms. The number of hydrogen-bond donors (Lipinski definition) is 0. The van der Waals surface area contributed by atoms with Crippen LogP contribution in [0.2, 0.25) is 0 Å². The lowest BCUT2D eigenvalue weighted by Gasteiger charge is -2.03. The van der Waals surface area contributed by atoms with Crippen LogP contribution in [0.5, 0.6) is 0 Å². The fourth-order valence-corrected chi connectivity index (χ4v) is 2.84. The van der Waals surface area contributed by atoms with Gasteiger partial charge in [-0.25, -0.2) is 0 Å². The van der Waals surface area contributed by atoms with Crippen LogP contribution in [0.1, 0.15) is 110 Å². The summed E-state index contributed by atoms with van der Waals surface area (Å²) in [5.74, 6) is 0.773. The summed E-state index contributed by atoms with van der Waals surface area (Å²) >= 11 is 0. The van der Waals surface area contributed by atoms with Crippen molar-refractivity contribution in [2.24, 2.45) is 5.92 Å². The van der Waals surface area contributed by atoms with Gasteiger partial charge in [0.25, 0.3) is 0 Å². The van der Waals surface area contributed by atoms with Crippen molar-refractivity contribution in [3.05, 3.63) is 12.2 Å². The summed E-state index contributed by atoms with van der Waals surface area (Å²) in [5.41, 5.74) is 0. The van der Waals surface area contributed by atoms with E-state index in [-0.39, 0.29) is 5.97 Å². The first-order valence-corrected chi connectivity index (χ1v) is 10.4.